The molecule has 0 bridgehead atoms. The molecule has 0 atom stereocenters. The molecule has 24 heavy (non-hydrogen) atoms. The lowest BCUT2D eigenvalue weighted by Crippen LogP contribution is -2.31. The quantitative estimate of drug-likeness (QED) is 0.780. The zero-order valence-corrected chi connectivity index (χ0v) is 14.0. The van der Waals surface area contributed by atoms with Crippen molar-refractivity contribution in [1.29, 1.82) is 0 Å². The van der Waals surface area contributed by atoms with Crippen LogP contribution in [0.2, 0.25) is 0 Å². The monoisotopic (exact) mass is 330 g/mol. The fourth-order valence-corrected chi connectivity index (χ4v) is 2.17. The van der Waals surface area contributed by atoms with E-state index in [0.717, 1.165) is 17.0 Å². The molecule has 0 aliphatic rings. The first-order valence-electron chi connectivity index (χ1n) is 8.04. The third-order valence-corrected chi connectivity index (χ3v) is 3.33. The van der Waals surface area contributed by atoms with Crippen LogP contribution in [0.4, 0.5) is 10.1 Å². The molecule has 1 amide bonds. The first-order chi connectivity index (χ1) is 11.5. The fourth-order valence-electron chi connectivity index (χ4n) is 2.17. The Kier molecular flexibility index (Phi) is 6.61. The van der Waals surface area contributed by atoms with Gasteiger partial charge in [0.15, 0.2) is 0 Å². The summed E-state index contributed by atoms with van der Waals surface area (Å²) in [4.78, 5) is 11.8. The van der Waals surface area contributed by atoms with Crippen molar-refractivity contribution in [3.05, 3.63) is 59.9 Å². The second kappa shape index (κ2) is 8.91. The Balaban J connectivity index is 1.68. The molecule has 128 valence electrons. The van der Waals surface area contributed by atoms with Gasteiger partial charge in [-0.25, -0.2) is 4.39 Å². The van der Waals surface area contributed by atoms with Gasteiger partial charge in [-0.2, -0.15) is 0 Å². The molecule has 0 unspecified atom stereocenters. The number of amides is 1. The highest BCUT2D eigenvalue weighted by Gasteiger charge is 2.02. The number of hydrogen-bond donors (Lipinski definition) is 2. The minimum Gasteiger partial charge on any atom is -0.491 e. The van der Waals surface area contributed by atoms with Gasteiger partial charge in [-0.15, -0.1) is 0 Å². The van der Waals surface area contributed by atoms with Crippen LogP contribution in [-0.2, 0) is 11.2 Å². The third kappa shape index (κ3) is 6.28. The Bertz CT molecular complexity index is 639. The van der Waals surface area contributed by atoms with Crippen molar-refractivity contribution in [2.24, 2.45) is 0 Å². The molecule has 0 aliphatic heterocycles. The number of ether oxygens (including phenoxy) is 1. The summed E-state index contributed by atoms with van der Waals surface area (Å²) in [6.07, 6.45) is 0.809. The van der Waals surface area contributed by atoms with Gasteiger partial charge < -0.3 is 15.4 Å². The highest BCUT2D eigenvalue weighted by atomic mass is 19.1. The summed E-state index contributed by atoms with van der Waals surface area (Å²) in [6.45, 7) is 4.67. The van der Waals surface area contributed by atoms with Crippen molar-refractivity contribution in [3.8, 4) is 5.75 Å². The summed E-state index contributed by atoms with van der Waals surface area (Å²) in [7, 11) is 0. The molecule has 2 aromatic rings. The normalized spacial score (nSPS) is 10.5. The summed E-state index contributed by atoms with van der Waals surface area (Å²) in [6, 6.07) is 13.8. The second-order valence-corrected chi connectivity index (χ2v) is 5.77. The maximum atomic E-state index is 12.8. The molecule has 2 N–H and O–H groups in total. The van der Waals surface area contributed by atoms with E-state index in [2.05, 4.69) is 10.6 Å². The van der Waals surface area contributed by atoms with Crippen molar-refractivity contribution in [2.75, 3.05) is 18.4 Å². The van der Waals surface area contributed by atoms with Gasteiger partial charge in [0.25, 0.3) is 0 Å². The standard InChI is InChI=1S/C19H23FN2O2/c1-14(2)24-18-9-7-17(8-10-18)22-13-19(23)21-12-11-15-3-5-16(20)6-4-15/h3-10,14,22H,11-13H2,1-2H3,(H,21,23). The van der Waals surface area contributed by atoms with Crippen molar-refractivity contribution < 1.29 is 13.9 Å². The maximum Gasteiger partial charge on any atom is 0.239 e. The molecule has 0 aliphatic carbocycles. The smallest absolute Gasteiger partial charge is 0.239 e. The van der Waals surface area contributed by atoms with E-state index < -0.39 is 0 Å². The van der Waals surface area contributed by atoms with Gasteiger partial charge in [0.05, 0.1) is 12.6 Å². The molecule has 5 heteroatoms. The number of hydrogen-bond acceptors (Lipinski definition) is 3. The molecule has 4 nitrogen and oxygen atoms in total. The lowest BCUT2D eigenvalue weighted by Gasteiger charge is -2.11. The minimum atomic E-state index is -0.253. The molecule has 2 rings (SSSR count). The largest absolute Gasteiger partial charge is 0.491 e. The summed E-state index contributed by atoms with van der Waals surface area (Å²) in [5.41, 5.74) is 1.85. The molecule has 0 saturated heterocycles. The van der Waals surface area contributed by atoms with Crippen molar-refractivity contribution in [1.82, 2.24) is 5.32 Å². The molecule has 0 aromatic heterocycles. The second-order valence-electron chi connectivity index (χ2n) is 5.77. The van der Waals surface area contributed by atoms with Gasteiger partial charge in [-0.3, -0.25) is 4.79 Å². The van der Waals surface area contributed by atoms with Crippen LogP contribution in [0.3, 0.4) is 0 Å². The third-order valence-electron chi connectivity index (χ3n) is 3.33. The number of carbonyl (C=O) groups excluding carboxylic acids is 1. The van der Waals surface area contributed by atoms with Crippen LogP contribution in [0.25, 0.3) is 0 Å². The molecule has 2 aromatic carbocycles. The number of rotatable bonds is 8. The van der Waals surface area contributed by atoms with Gasteiger partial charge in [0, 0.05) is 12.2 Å². The van der Waals surface area contributed by atoms with Crippen LogP contribution < -0.4 is 15.4 Å². The number of anilines is 1. The van der Waals surface area contributed by atoms with Gasteiger partial charge in [-0.1, -0.05) is 12.1 Å². The van der Waals surface area contributed by atoms with E-state index in [4.69, 9.17) is 4.74 Å². The Labute approximate surface area is 142 Å². The maximum absolute atomic E-state index is 12.8. The lowest BCUT2D eigenvalue weighted by molar-refractivity contribution is -0.119. The Morgan fingerprint density at radius 1 is 1.08 bits per heavy atom. The van der Waals surface area contributed by atoms with E-state index in [1.807, 2.05) is 38.1 Å². The van der Waals surface area contributed by atoms with Crippen LogP contribution in [0, 0.1) is 5.82 Å². The molecular formula is C19H23FN2O2. The Morgan fingerprint density at radius 2 is 1.75 bits per heavy atom. The van der Waals surface area contributed by atoms with Gasteiger partial charge >= 0.3 is 0 Å². The van der Waals surface area contributed by atoms with Gasteiger partial charge in [0.2, 0.25) is 5.91 Å². The van der Waals surface area contributed by atoms with Crippen LogP contribution >= 0.6 is 0 Å². The molecule has 0 heterocycles. The van der Waals surface area contributed by atoms with Crippen molar-refractivity contribution in [2.45, 2.75) is 26.4 Å². The fraction of sp³-hybridized carbons (Fsp3) is 0.316. The minimum absolute atomic E-state index is 0.0837. The lowest BCUT2D eigenvalue weighted by atomic mass is 10.1. The first-order valence-corrected chi connectivity index (χ1v) is 8.04. The highest BCUT2D eigenvalue weighted by molar-refractivity contribution is 5.80. The molecule has 0 fully saturated rings. The first kappa shape index (κ1) is 17.8. The van der Waals surface area contributed by atoms with Crippen LogP contribution in [0.1, 0.15) is 19.4 Å². The van der Waals surface area contributed by atoms with Crippen LogP contribution in [0.5, 0.6) is 5.75 Å². The SMILES string of the molecule is CC(C)Oc1ccc(NCC(=O)NCCc2ccc(F)cc2)cc1. The van der Waals surface area contributed by atoms with E-state index in [0.29, 0.717) is 13.0 Å². The van der Waals surface area contributed by atoms with Crippen molar-refractivity contribution in [3.63, 3.8) is 0 Å². The van der Waals surface area contributed by atoms with E-state index in [1.54, 1.807) is 12.1 Å². The van der Waals surface area contributed by atoms with Gasteiger partial charge in [-0.05, 0) is 62.2 Å². The van der Waals surface area contributed by atoms with E-state index >= 15 is 0 Å². The number of nitrogens with one attached hydrogen (secondary N) is 2. The topological polar surface area (TPSA) is 50.4 Å². The zero-order chi connectivity index (χ0) is 17.4. The number of benzene rings is 2. The highest BCUT2D eigenvalue weighted by Crippen LogP contribution is 2.16. The molecule has 0 spiro atoms. The van der Waals surface area contributed by atoms with Crippen LogP contribution in [0.15, 0.2) is 48.5 Å². The Hall–Kier alpha value is -2.56. The molecule has 0 saturated carbocycles. The van der Waals surface area contributed by atoms with E-state index in [9.17, 15) is 9.18 Å². The Morgan fingerprint density at radius 3 is 2.38 bits per heavy atom. The van der Waals surface area contributed by atoms with Gasteiger partial charge in [0.1, 0.15) is 11.6 Å². The number of carbonyl (C=O) groups is 1. The summed E-state index contributed by atoms with van der Waals surface area (Å²) < 4.78 is 18.4. The van der Waals surface area contributed by atoms with Crippen molar-refractivity contribution >= 4 is 11.6 Å². The molecule has 0 radical (unpaired) electrons. The zero-order valence-electron chi connectivity index (χ0n) is 14.0. The average Bonchev–Trinajstić information content (AvgIpc) is 2.55. The summed E-state index contributed by atoms with van der Waals surface area (Å²) in [5.74, 6) is 0.468. The number of halogens is 1. The average molecular weight is 330 g/mol. The predicted molar refractivity (Wildman–Crippen MR) is 93.8 cm³/mol. The summed E-state index contributed by atoms with van der Waals surface area (Å²) in [5, 5.41) is 5.90. The van der Waals surface area contributed by atoms with Crippen LogP contribution in [-0.4, -0.2) is 25.1 Å². The van der Waals surface area contributed by atoms with E-state index in [1.165, 1.54) is 12.1 Å². The predicted octanol–water partition coefficient (Wildman–Crippen LogP) is 3.38. The van der Waals surface area contributed by atoms with E-state index in [-0.39, 0.29) is 24.4 Å². The summed E-state index contributed by atoms with van der Waals surface area (Å²) >= 11 is 0. The molecular weight excluding hydrogens is 307 g/mol.